The zero-order valence-electron chi connectivity index (χ0n) is 37.7. The van der Waals surface area contributed by atoms with E-state index in [1.807, 2.05) is 0 Å². The molecule has 0 bridgehead atoms. The van der Waals surface area contributed by atoms with E-state index in [-0.39, 0.29) is 114 Å². The number of hydrogen-bond acceptors (Lipinski definition) is 13. The van der Waals surface area contributed by atoms with Gasteiger partial charge in [0, 0.05) is 62.1 Å². The van der Waals surface area contributed by atoms with Crippen molar-refractivity contribution in [3.8, 4) is 53.9 Å². The van der Waals surface area contributed by atoms with Crippen LogP contribution in [0.4, 0.5) is 0 Å². The lowest BCUT2D eigenvalue weighted by atomic mass is 9.82. The third-order valence-electron chi connectivity index (χ3n) is 9.68. The van der Waals surface area contributed by atoms with Gasteiger partial charge in [-0.05, 0) is 61.1 Å². The molecule has 1 unspecified atom stereocenters. The minimum atomic E-state index is -4.08. The summed E-state index contributed by atoms with van der Waals surface area (Å²) >= 11 is 0. The van der Waals surface area contributed by atoms with Crippen molar-refractivity contribution >= 4 is 31.1 Å². The summed E-state index contributed by atoms with van der Waals surface area (Å²) in [5.74, 6) is 6.18. The van der Waals surface area contributed by atoms with Gasteiger partial charge in [0.1, 0.15) is 31.4 Å². The van der Waals surface area contributed by atoms with Gasteiger partial charge in [-0.2, -0.15) is 0 Å². The van der Waals surface area contributed by atoms with Crippen LogP contribution in [0.1, 0.15) is 75.6 Å². The van der Waals surface area contributed by atoms with E-state index in [1.165, 1.54) is 0 Å². The van der Waals surface area contributed by atoms with Crippen LogP contribution in [-0.2, 0) is 47.4 Å². The van der Waals surface area contributed by atoms with E-state index >= 15 is 0 Å². The number of Topliss-reactive ketones (excluding diaryl/α,β-unsaturated/α-hetero) is 1. The molecular weight excluding hydrogens is 858 g/mol. The van der Waals surface area contributed by atoms with Gasteiger partial charge in [-0.15, -0.1) is 19.3 Å². The lowest BCUT2D eigenvalue weighted by molar-refractivity contribution is -0.192. The molecule has 0 aliphatic rings. The number of benzene rings is 2. The van der Waals surface area contributed by atoms with Gasteiger partial charge in [-0.25, -0.2) is 0 Å². The van der Waals surface area contributed by atoms with E-state index in [0.717, 1.165) is 11.1 Å². The second-order valence-electron chi connectivity index (χ2n) is 15.0. The average molecular weight is 923 g/mol. The van der Waals surface area contributed by atoms with Crippen LogP contribution in [0.3, 0.4) is 0 Å². The quantitative estimate of drug-likeness (QED) is 0.0497. The highest BCUT2D eigenvalue weighted by atomic mass is 31.2. The number of rotatable bonds is 37. The summed E-state index contributed by atoms with van der Waals surface area (Å²) in [4.78, 5) is 66.0. The van der Waals surface area contributed by atoms with Crippen molar-refractivity contribution in [3.05, 3.63) is 54.1 Å². The van der Waals surface area contributed by atoms with E-state index in [2.05, 4.69) is 33.7 Å². The Bertz CT molecular complexity index is 1770. The van der Waals surface area contributed by atoms with E-state index in [0.29, 0.717) is 58.2 Å². The summed E-state index contributed by atoms with van der Waals surface area (Å²) in [6, 6.07) is 13.3. The van der Waals surface area contributed by atoms with Crippen LogP contribution in [0, 0.1) is 37.0 Å². The van der Waals surface area contributed by atoms with E-state index in [9.17, 15) is 28.6 Å². The molecule has 356 valence electrons. The van der Waals surface area contributed by atoms with Crippen LogP contribution >= 0.6 is 7.60 Å². The molecule has 0 fully saturated rings. The lowest BCUT2D eigenvalue weighted by Gasteiger charge is -2.35. The fourth-order valence-corrected chi connectivity index (χ4v) is 6.61. The first-order valence-corrected chi connectivity index (χ1v) is 23.3. The molecule has 2 rings (SSSR count). The first kappa shape index (κ1) is 56.1. The summed E-state index contributed by atoms with van der Waals surface area (Å²) in [6.07, 6.45) is 16.6. The van der Waals surface area contributed by atoms with Gasteiger partial charge in [-0.3, -0.25) is 23.7 Å². The number of ether oxygens (including phenoxy) is 6. The van der Waals surface area contributed by atoms with Crippen LogP contribution < -0.4 is 25.4 Å². The maximum Gasteiger partial charge on any atom is 0.251 e. The summed E-state index contributed by atoms with van der Waals surface area (Å²) in [7, 11) is -4.08. The largest absolute Gasteiger partial charge is 0.769 e. The molecule has 0 saturated heterocycles. The molecule has 3 amide bonds. The van der Waals surface area contributed by atoms with E-state index in [1.54, 1.807) is 62.4 Å². The number of terminal acetylenes is 3. The smallest absolute Gasteiger partial charge is 0.251 e. The molecule has 0 aliphatic carbocycles. The molecule has 2 aromatic carbocycles. The van der Waals surface area contributed by atoms with Gasteiger partial charge in [0.25, 0.3) is 5.91 Å². The summed E-state index contributed by atoms with van der Waals surface area (Å²) in [6.45, 7) is 6.79. The third-order valence-corrected chi connectivity index (χ3v) is 11.4. The second kappa shape index (κ2) is 33.4. The molecule has 17 heteroatoms. The molecule has 0 aromatic heterocycles. The Labute approximate surface area is 384 Å². The monoisotopic (exact) mass is 922 g/mol. The second-order valence-corrected chi connectivity index (χ2v) is 17.3. The molecule has 3 N–H and O–H groups in total. The van der Waals surface area contributed by atoms with Gasteiger partial charge in [0.15, 0.2) is 7.60 Å². The molecule has 1 atom stereocenters. The van der Waals surface area contributed by atoms with Gasteiger partial charge in [-0.1, -0.05) is 55.9 Å². The Morgan fingerprint density at radius 3 is 1.51 bits per heavy atom. The molecule has 65 heavy (non-hydrogen) atoms. The van der Waals surface area contributed by atoms with Crippen molar-refractivity contribution in [3.63, 3.8) is 0 Å². The summed E-state index contributed by atoms with van der Waals surface area (Å²) in [5, 5.41) is 8.78. The lowest BCUT2D eigenvalue weighted by Crippen LogP contribution is -2.50. The topological polar surface area (TPSA) is 209 Å². The van der Waals surface area contributed by atoms with Crippen LogP contribution in [0.15, 0.2) is 48.5 Å². The SMILES string of the molecule is C#CCOCCOCCCC(=O)CCC(CCC(=O)NCCOCCOCC#C)(CCC(=O)NCCOCCOCC#C)NC(=O)c1ccc(-c2ccc(OP(=O)([O-])C(C)C)cc2)cc1. The van der Waals surface area contributed by atoms with Crippen LogP contribution in [-0.4, -0.2) is 127 Å². The maximum absolute atomic E-state index is 14.1. The third kappa shape index (κ3) is 25.3. The molecule has 0 aliphatic heterocycles. The van der Waals surface area contributed by atoms with Crippen molar-refractivity contribution in [2.45, 2.75) is 76.4 Å². The van der Waals surface area contributed by atoms with Crippen LogP contribution in [0.5, 0.6) is 5.75 Å². The zero-order chi connectivity index (χ0) is 47.6. The normalized spacial score (nSPS) is 12.0. The van der Waals surface area contributed by atoms with Crippen molar-refractivity contribution in [1.29, 1.82) is 0 Å². The Kier molecular flexibility index (Phi) is 28.8. The minimum Gasteiger partial charge on any atom is -0.769 e. The van der Waals surface area contributed by atoms with Crippen molar-refractivity contribution in [2.24, 2.45) is 0 Å². The molecule has 0 radical (unpaired) electrons. The predicted octanol–water partition coefficient (Wildman–Crippen LogP) is 4.08. The highest BCUT2D eigenvalue weighted by Gasteiger charge is 2.34. The molecule has 0 heterocycles. The number of carbonyl (C=O) groups is 4. The predicted molar refractivity (Wildman–Crippen MR) is 245 cm³/mol. The Balaban J connectivity index is 2.25. The van der Waals surface area contributed by atoms with Crippen LogP contribution in [0.2, 0.25) is 0 Å². The Morgan fingerprint density at radius 1 is 0.615 bits per heavy atom. The van der Waals surface area contributed by atoms with Gasteiger partial charge in [0.2, 0.25) is 11.8 Å². The molecular formula is C48H65N3O13P-. The van der Waals surface area contributed by atoms with Crippen molar-refractivity contribution < 1.29 is 61.6 Å². The maximum atomic E-state index is 14.1. The highest BCUT2D eigenvalue weighted by Crippen LogP contribution is 2.43. The number of carbonyl (C=O) groups excluding carboxylic acids is 4. The molecule has 2 aromatic rings. The van der Waals surface area contributed by atoms with Crippen molar-refractivity contribution in [1.82, 2.24) is 16.0 Å². The first-order chi connectivity index (χ1) is 31.3. The van der Waals surface area contributed by atoms with E-state index < -0.39 is 24.7 Å². The molecule has 16 nitrogen and oxygen atoms in total. The number of nitrogens with one attached hydrogen (secondary N) is 3. The average Bonchev–Trinajstić information content (AvgIpc) is 3.29. The number of hydrogen-bond donors (Lipinski definition) is 3. The van der Waals surface area contributed by atoms with Gasteiger partial charge >= 0.3 is 0 Å². The standard InChI is InChI=1S/C48H66N3O13P/c1-6-27-58-33-36-61-30-9-10-43(52)19-22-48(23-20-45(53)49-25-31-62-37-34-59-28-7-2,24-21-46(54)50-26-32-63-38-35-60-29-8-3)51-47(55)42-13-11-40(12-14-42)41-15-17-44(18-16-41)64-65(56,57)39(4)5/h1-3,11-18,39H,9-10,19-38H2,4-5H3,(H,49,53)(H,50,54)(H,51,55)(H,56,57)/p-1. The molecule has 0 spiro atoms. The van der Waals surface area contributed by atoms with Crippen molar-refractivity contribution in [2.75, 3.05) is 92.4 Å². The fraction of sp³-hybridized carbons (Fsp3) is 0.542. The minimum absolute atomic E-state index is 0.0237. The molecule has 0 saturated carbocycles. The zero-order valence-corrected chi connectivity index (χ0v) is 38.6. The highest BCUT2D eigenvalue weighted by molar-refractivity contribution is 7.52. The first-order valence-electron chi connectivity index (χ1n) is 21.7. The Hall–Kier alpha value is -5.05. The Morgan fingerprint density at radius 2 is 1.05 bits per heavy atom. The van der Waals surface area contributed by atoms with Gasteiger partial charge in [0.05, 0.1) is 52.9 Å². The number of amides is 3. The van der Waals surface area contributed by atoms with Crippen LogP contribution in [0.25, 0.3) is 11.1 Å². The number of ketones is 1. The summed E-state index contributed by atoms with van der Waals surface area (Å²) < 4.78 is 49.6. The van der Waals surface area contributed by atoms with Gasteiger partial charge < -0.3 is 53.8 Å². The fourth-order valence-electron chi connectivity index (χ4n) is 5.99. The summed E-state index contributed by atoms with van der Waals surface area (Å²) in [5.41, 5.74) is -0.0262. The van der Waals surface area contributed by atoms with E-state index in [4.69, 9.17) is 52.2 Å².